The fourth-order valence-corrected chi connectivity index (χ4v) is 5.29. The van der Waals surface area contributed by atoms with Gasteiger partial charge in [-0.25, -0.2) is 4.79 Å². The zero-order valence-electron chi connectivity index (χ0n) is 19.5. The average molecular weight is 465 g/mol. The lowest BCUT2D eigenvalue weighted by Crippen LogP contribution is -2.43. The first-order valence-electron chi connectivity index (χ1n) is 12.1. The van der Waals surface area contributed by atoms with Gasteiger partial charge in [0.05, 0.1) is 6.42 Å². The van der Waals surface area contributed by atoms with Gasteiger partial charge in [0.25, 0.3) is 0 Å². The molecule has 1 aliphatic heterocycles. The first-order valence-corrected chi connectivity index (χ1v) is 12.1. The summed E-state index contributed by atoms with van der Waals surface area (Å²) in [4.78, 5) is 38.4. The van der Waals surface area contributed by atoms with Crippen molar-refractivity contribution in [3.8, 4) is 11.1 Å². The van der Waals surface area contributed by atoms with E-state index in [4.69, 9.17) is 9.84 Å². The number of nitrogens with one attached hydrogen (secondary N) is 1. The molecule has 2 aromatic carbocycles. The van der Waals surface area contributed by atoms with Crippen LogP contribution in [0.1, 0.15) is 62.5 Å². The van der Waals surface area contributed by atoms with Crippen LogP contribution < -0.4 is 5.32 Å². The number of likely N-dealkylation sites (tertiary alicyclic amines) is 1. The molecule has 0 spiro atoms. The number of aliphatic carboxylic acids is 1. The van der Waals surface area contributed by atoms with Crippen LogP contribution in [-0.2, 0) is 14.3 Å². The Morgan fingerprint density at radius 3 is 2.35 bits per heavy atom. The van der Waals surface area contributed by atoms with Crippen LogP contribution in [0.4, 0.5) is 4.79 Å². The lowest BCUT2D eigenvalue weighted by Gasteiger charge is -2.26. The van der Waals surface area contributed by atoms with E-state index < -0.39 is 12.1 Å². The molecule has 7 nitrogen and oxygen atoms in total. The quantitative estimate of drug-likeness (QED) is 0.568. The number of carbonyl (C=O) groups excluding carboxylic acids is 2. The Kier molecular flexibility index (Phi) is 7.50. The number of carboxylic acid groups (broad SMARTS) is 1. The molecule has 2 N–H and O–H groups in total. The summed E-state index contributed by atoms with van der Waals surface area (Å²) < 4.78 is 5.64. The largest absolute Gasteiger partial charge is 0.481 e. The van der Waals surface area contributed by atoms with Gasteiger partial charge >= 0.3 is 12.1 Å². The molecule has 1 saturated heterocycles. The molecule has 34 heavy (non-hydrogen) atoms. The van der Waals surface area contributed by atoms with E-state index in [0.717, 1.165) is 24.0 Å². The third-order valence-electron chi connectivity index (χ3n) is 6.83. The van der Waals surface area contributed by atoms with Gasteiger partial charge in [-0.2, -0.15) is 0 Å². The van der Waals surface area contributed by atoms with Crippen molar-refractivity contribution in [2.75, 3.05) is 13.2 Å². The summed E-state index contributed by atoms with van der Waals surface area (Å²) in [6.45, 7) is 2.79. The normalized spacial score (nSPS) is 17.7. The van der Waals surface area contributed by atoms with Gasteiger partial charge in [-0.1, -0.05) is 61.9 Å². The van der Waals surface area contributed by atoms with E-state index in [-0.39, 0.29) is 43.4 Å². The van der Waals surface area contributed by atoms with Crippen molar-refractivity contribution in [2.24, 2.45) is 0 Å². The van der Waals surface area contributed by atoms with Crippen LogP contribution in [0, 0.1) is 0 Å². The topological polar surface area (TPSA) is 95.9 Å². The number of amides is 2. The molecular weight excluding hydrogens is 432 g/mol. The Bertz CT molecular complexity index is 1010. The van der Waals surface area contributed by atoms with E-state index >= 15 is 0 Å². The van der Waals surface area contributed by atoms with E-state index in [2.05, 4.69) is 29.6 Å². The number of alkyl carbamates (subject to hydrolysis) is 1. The minimum absolute atomic E-state index is 0.0224. The van der Waals surface area contributed by atoms with Crippen LogP contribution in [0.2, 0.25) is 0 Å². The van der Waals surface area contributed by atoms with Crippen molar-refractivity contribution < 1.29 is 24.2 Å². The predicted molar refractivity (Wildman–Crippen MR) is 129 cm³/mol. The number of nitrogens with zero attached hydrogens (tertiary/aromatic N) is 1. The fraction of sp³-hybridized carbons (Fsp3) is 0.444. The van der Waals surface area contributed by atoms with Crippen LogP contribution in [0.25, 0.3) is 11.1 Å². The molecule has 1 fully saturated rings. The number of carboxylic acids is 1. The Balaban J connectivity index is 1.36. The van der Waals surface area contributed by atoms with Crippen LogP contribution in [-0.4, -0.2) is 53.2 Å². The maximum absolute atomic E-state index is 12.9. The molecule has 1 heterocycles. The average Bonchev–Trinajstić information content (AvgIpc) is 3.40. The van der Waals surface area contributed by atoms with Crippen LogP contribution in [0.15, 0.2) is 48.5 Å². The van der Waals surface area contributed by atoms with Gasteiger partial charge in [0.15, 0.2) is 0 Å². The smallest absolute Gasteiger partial charge is 0.407 e. The SMILES string of the molecule is CCC[C@@H](CC(=O)N1CCCC1CC(=O)O)NC(=O)OCC1c2ccccc2-c2ccccc21. The molecule has 0 aromatic heterocycles. The molecule has 2 atom stereocenters. The minimum Gasteiger partial charge on any atom is -0.481 e. The Morgan fingerprint density at radius 1 is 1.09 bits per heavy atom. The summed E-state index contributed by atoms with van der Waals surface area (Å²) in [6.07, 6.45) is 2.54. The molecule has 0 bridgehead atoms. The van der Waals surface area contributed by atoms with Gasteiger partial charge in [0.2, 0.25) is 5.91 Å². The third kappa shape index (κ3) is 5.24. The van der Waals surface area contributed by atoms with E-state index in [1.807, 2.05) is 31.2 Å². The molecule has 2 amide bonds. The van der Waals surface area contributed by atoms with Crippen molar-refractivity contribution in [1.82, 2.24) is 10.2 Å². The molecule has 2 aliphatic rings. The summed E-state index contributed by atoms with van der Waals surface area (Å²) in [7, 11) is 0. The monoisotopic (exact) mass is 464 g/mol. The van der Waals surface area contributed by atoms with Crippen LogP contribution in [0.5, 0.6) is 0 Å². The molecule has 180 valence electrons. The van der Waals surface area contributed by atoms with Crippen LogP contribution in [0.3, 0.4) is 0 Å². The first kappa shape index (κ1) is 23.8. The number of carbonyl (C=O) groups is 3. The summed E-state index contributed by atoms with van der Waals surface area (Å²) in [5, 5.41) is 12.0. The van der Waals surface area contributed by atoms with Crippen molar-refractivity contribution in [3.05, 3.63) is 59.7 Å². The molecule has 4 rings (SSSR count). The molecule has 0 radical (unpaired) electrons. The van der Waals surface area contributed by atoms with Crippen molar-refractivity contribution >= 4 is 18.0 Å². The van der Waals surface area contributed by atoms with E-state index in [1.165, 1.54) is 11.1 Å². The minimum atomic E-state index is -0.897. The van der Waals surface area contributed by atoms with Crippen LogP contribution >= 0.6 is 0 Å². The first-order chi connectivity index (χ1) is 16.5. The Morgan fingerprint density at radius 2 is 1.74 bits per heavy atom. The number of hydrogen-bond acceptors (Lipinski definition) is 4. The Hall–Kier alpha value is -3.35. The second-order valence-corrected chi connectivity index (χ2v) is 9.14. The summed E-state index contributed by atoms with van der Waals surface area (Å²) in [5.74, 6) is -1.03. The summed E-state index contributed by atoms with van der Waals surface area (Å²) in [6, 6.07) is 15.7. The zero-order chi connectivity index (χ0) is 24.1. The highest BCUT2D eigenvalue weighted by atomic mass is 16.5. The van der Waals surface area contributed by atoms with Gasteiger partial charge in [-0.05, 0) is 41.5 Å². The number of ether oxygens (including phenoxy) is 1. The fourth-order valence-electron chi connectivity index (χ4n) is 5.29. The van der Waals surface area contributed by atoms with Gasteiger partial charge in [0.1, 0.15) is 6.61 Å². The predicted octanol–water partition coefficient (Wildman–Crippen LogP) is 4.55. The molecular formula is C27H32N2O5. The lowest BCUT2D eigenvalue weighted by molar-refractivity contribution is -0.140. The number of fused-ring (bicyclic) bond motifs is 3. The van der Waals surface area contributed by atoms with Crippen molar-refractivity contribution in [2.45, 2.75) is 63.5 Å². The second kappa shape index (κ2) is 10.7. The number of hydrogen-bond donors (Lipinski definition) is 2. The van der Waals surface area contributed by atoms with E-state index in [0.29, 0.717) is 19.4 Å². The van der Waals surface area contributed by atoms with Gasteiger partial charge < -0.3 is 20.1 Å². The Labute approximate surface area is 200 Å². The highest BCUT2D eigenvalue weighted by Crippen LogP contribution is 2.44. The number of benzene rings is 2. The van der Waals surface area contributed by atoms with Gasteiger partial charge in [0, 0.05) is 31.0 Å². The molecule has 2 aromatic rings. The van der Waals surface area contributed by atoms with Gasteiger partial charge in [-0.3, -0.25) is 9.59 Å². The maximum atomic E-state index is 12.9. The van der Waals surface area contributed by atoms with E-state index in [1.54, 1.807) is 4.90 Å². The highest BCUT2D eigenvalue weighted by molar-refractivity contribution is 5.80. The second-order valence-electron chi connectivity index (χ2n) is 9.14. The summed E-state index contributed by atoms with van der Waals surface area (Å²) >= 11 is 0. The molecule has 1 unspecified atom stereocenters. The third-order valence-corrected chi connectivity index (χ3v) is 6.83. The standard InChI is InChI=1S/C27H32N2O5/c1-2-8-18(15-25(30)29-14-7-9-19(29)16-26(31)32)28-27(33)34-17-24-22-12-5-3-10-20(22)21-11-4-6-13-23(21)24/h3-6,10-13,18-19,24H,2,7-9,14-17H2,1H3,(H,28,33)(H,31,32)/t18-,19?/m0/s1. The lowest BCUT2D eigenvalue weighted by atomic mass is 9.98. The number of rotatable bonds is 9. The zero-order valence-corrected chi connectivity index (χ0v) is 19.5. The molecule has 7 heteroatoms. The maximum Gasteiger partial charge on any atom is 0.407 e. The summed E-state index contributed by atoms with van der Waals surface area (Å²) in [5.41, 5.74) is 4.64. The molecule has 0 saturated carbocycles. The molecule has 1 aliphatic carbocycles. The highest BCUT2D eigenvalue weighted by Gasteiger charge is 2.32. The van der Waals surface area contributed by atoms with Crippen molar-refractivity contribution in [1.29, 1.82) is 0 Å². The van der Waals surface area contributed by atoms with Crippen molar-refractivity contribution in [3.63, 3.8) is 0 Å². The van der Waals surface area contributed by atoms with Gasteiger partial charge in [-0.15, -0.1) is 0 Å². The van der Waals surface area contributed by atoms with E-state index in [9.17, 15) is 14.4 Å².